The summed E-state index contributed by atoms with van der Waals surface area (Å²) in [6.07, 6.45) is 7.07. The molecule has 0 spiro atoms. The van der Waals surface area contributed by atoms with Crippen LogP contribution in [-0.4, -0.2) is 37.1 Å². The van der Waals surface area contributed by atoms with Crippen molar-refractivity contribution in [2.24, 2.45) is 17.8 Å². The van der Waals surface area contributed by atoms with Gasteiger partial charge in [0.15, 0.2) is 17.5 Å². The Hall–Kier alpha value is -2.74. The van der Waals surface area contributed by atoms with Crippen molar-refractivity contribution < 1.29 is 14.3 Å². The average molecular weight is 402 g/mol. The lowest BCUT2D eigenvalue weighted by Crippen LogP contribution is -2.39. The first kappa shape index (κ1) is 17.4. The van der Waals surface area contributed by atoms with Crippen molar-refractivity contribution in [1.29, 1.82) is 0 Å². The number of carbonyl (C=O) groups is 1. The molecule has 0 saturated heterocycles. The highest BCUT2D eigenvalue weighted by atomic mass is 35.5. The first-order chi connectivity index (χ1) is 13.5. The molecule has 3 N–H and O–H groups in total. The molecule has 0 amide bonds. The molecular formula is C19H17ClFN5O2. The van der Waals surface area contributed by atoms with Gasteiger partial charge in [-0.1, -0.05) is 11.6 Å². The van der Waals surface area contributed by atoms with Crippen LogP contribution in [0.4, 0.5) is 10.2 Å². The van der Waals surface area contributed by atoms with Gasteiger partial charge in [0.2, 0.25) is 0 Å². The van der Waals surface area contributed by atoms with Crippen molar-refractivity contribution in [3.05, 3.63) is 35.5 Å². The zero-order chi connectivity index (χ0) is 19.4. The van der Waals surface area contributed by atoms with Gasteiger partial charge in [-0.2, -0.15) is 0 Å². The number of aromatic nitrogens is 4. The van der Waals surface area contributed by atoms with E-state index in [9.17, 15) is 14.3 Å². The van der Waals surface area contributed by atoms with E-state index in [0.29, 0.717) is 22.1 Å². The smallest absolute Gasteiger partial charge is 0.308 e. The summed E-state index contributed by atoms with van der Waals surface area (Å²) in [6.45, 7) is 0. The molecule has 5 rings (SSSR count). The van der Waals surface area contributed by atoms with Gasteiger partial charge in [-0.15, -0.1) is 0 Å². The van der Waals surface area contributed by atoms with Gasteiger partial charge in [0, 0.05) is 29.4 Å². The van der Waals surface area contributed by atoms with E-state index in [0.717, 1.165) is 30.8 Å². The standard InChI is InChI=1S/C19H17ClFN5O2/c20-10-4-11-12(6-23-16(11)22-5-10)17-24-7-13(21)18(26-17)25-15-9-2-1-8(3-9)14(15)19(27)28/h4-9,14-15H,1-3H2,(H,22,23)(H,27,28)(H,24,25,26)/t8-,9?,14-,15?/m1/s1. The van der Waals surface area contributed by atoms with Crippen LogP contribution in [0.3, 0.4) is 0 Å². The van der Waals surface area contributed by atoms with Crippen molar-refractivity contribution in [2.75, 3.05) is 5.32 Å². The monoisotopic (exact) mass is 401 g/mol. The number of H-pyrrole nitrogens is 1. The number of hydrogen-bond acceptors (Lipinski definition) is 5. The summed E-state index contributed by atoms with van der Waals surface area (Å²) in [5, 5.41) is 13.9. The number of carboxylic acid groups (broad SMARTS) is 1. The lowest BCUT2D eigenvalue weighted by molar-refractivity contribution is -0.143. The lowest BCUT2D eigenvalue weighted by Gasteiger charge is -2.29. The van der Waals surface area contributed by atoms with Crippen LogP contribution < -0.4 is 5.32 Å². The Labute approximate surface area is 164 Å². The molecule has 9 heteroatoms. The zero-order valence-electron chi connectivity index (χ0n) is 14.7. The lowest BCUT2D eigenvalue weighted by atomic mass is 9.84. The molecule has 0 aromatic carbocycles. The van der Waals surface area contributed by atoms with Crippen LogP contribution in [0, 0.1) is 23.6 Å². The molecule has 2 unspecified atom stereocenters. The summed E-state index contributed by atoms with van der Waals surface area (Å²) >= 11 is 6.04. The fraction of sp³-hybridized carbons (Fsp3) is 0.368. The second-order valence-corrected chi connectivity index (χ2v) is 7.95. The third-order valence-electron chi connectivity index (χ3n) is 5.99. The molecule has 0 aliphatic heterocycles. The van der Waals surface area contributed by atoms with Crippen LogP contribution >= 0.6 is 11.6 Å². The summed E-state index contributed by atoms with van der Waals surface area (Å²) in [5.74, 6) is -1.25. The van der Waals surface area contributed by atoms with Gasteiger partial charge in [-0.05, 0) is 37.2 Å². The molecule has 0 radical (unpaired) electrons. The Balaban J connectivity index is 1.51. The SMILES string of the molecule is O=C(O)[C@H]1C(Nc2nc(-c3c[nH]c4ncc(Cl)cc34)ncc2F)C2CC[C@@H]1C2. The number of hydrogen-bond donors (Lipinski definition) is 3. The number of halogens is 2. The Morgan fingerprint density at radius 2 is 2.11 bits per heavy atom. The molecular weight excluding hydrogens is 385 g/mol. The van der Waals surface area contributed by atoms with Crippen molar-refractivity contribution in [2.45, 2.75) is 25.3 Å². The highest BCUT2D eigenvalue weighted by Gasteiger charge is 2.51. The number of aliphatic carboxylic acids is 1. The second kappa shape index (κ2) is 6.41. The van der Waals surface area contributed by atoms with Crippen LogP contribution in [0.2, 0.25) is 5.02 Å². The normalized spacial score (nSPS) is 26.1. The van der Waals surface area contributed by atoms with Crippen molar-refractivity contribution in [1.82, 2.24) is 19.9 Å². The molecule has 3 aromatic heterocycles. The van der Waals surface area contributed by atoms with Gasteiger partial charge in [-0.3, -0.25) is 4.79 Å². The molecule has 144 valence electrons. The summed E-state index contributed by atoms with van der Waals surface area (Å²) in [5.41, 5.74) is 1.27. The summed E-state index contributed by atoms with van der Waals surface area (Å²) < 4.78 is 14.4. The van der Waals surface area contributed by atoms with Gasteiger partial charge < -0.3 is 15.4 Å². The van der Waals surface area contributed by atoms with Crippen molar-refractivity contribution >= 4 is 34.4 Å². The number of anilines is 1. The van der Waals surface area contributed by atoms with Gasteiger partial charge in [-0.25, -0.2) is 19.3 Å². The van der Waals surface area contributed by atoms with E-state index in [1.807, 2.05) is 0 Å². The van der Waals surface area contributed by atoms with E-state index < -0.39 is 17.7 Å². The van der Waals surface area contributed by atoms with Crippen LogP contribution in [-0.2, 0) is 4.79 Å². The fourth-order valence-electron chi connectivity index (χ4n) is 4.77. The number of nitrogens with one attached hydrogen (secondary N) is 2. The maximum absolute atomic E-state index is 14.4. The van der Waals surface area contributed by atoms with E-state index in [-0.39, 0.29) is 23.7 Å². The quantitative estimate of drug-likeness (QED) is 0.615. The molecule has 2 fully saturated rings. The summed E-state index contributed by atoms with van der Waals surface area (Å²) in [4.78, 5) is 27.4. The second-order valence-electron chi connectivity index (χ2n) is 7.51. The highest BCUT2D eigenvalue weighted by Crippen LogP contribution is 2.49. The molecule has 3 aromatic rings. The maximum atomic E-state index is 14.4. The predicted octanol–water partition coefficient (Wildman–Crippen LogP) is 3.72. The minimum absolute atomic E-state index is 0.0261. The molecule has 28 heavy (non-hydrogen) atoms. The first-order valence-electron chi connectivity index (χ1n) is 9.16. The van der Waals surface area contributed by atoms with Gasteiger partial charge in [0.25, 0.3) is 0 Å². The van der Waals surface area contributed by atoms with Crippen LogP contribution in [0.25, 0.3) is 22.4 Å². The molecule has 2 bridgehead atoms. The Kier molecular flexibility index (Phi) is 3.97. The minimum atomic E-state index is -0.836. The number of rotatable bonds is 4. The molecule has 2 saturated carbocycles. The van der Waals surface area contributed by atoms with Crippen molar-refractivity contribution in [3.8, 4) is 11.4 Å². The number of nitrogens with zero attached hydrogens (tertiary/aromatic N) is 3. The Morgan fingerprint density at radius 1 is 1.29 bits per heavy atom. The van der Waals surface area contributed by atoms with E-state index in [1.165, 1.54) is 6.20 Å². The van der Waals surface area contributed by atoms with Gasteiger partial charge in [0.1, 0.15) is 5.65 Å². The van der Waals surface area contributed by atoms with Crippen molar-refractivity contribution in [3.63, 3.8) is 0 Å². The number of carboxylic acids is 1. The maximum Gasteiger partial charge on any atom is 0.308 e. The summed E-state index contributed by atoms with van der Waals surface area (Å²) in [6, 6.07) is 1.42. The molecule has 2 aliphatic rings. The van der Waals surface area contributed by atoms with E-state index in [4.69, 9.17) is 11.6 Å². The fourth-order valence-corrected chi connectivity index (χ4v) is 4.93. The van der Waals surface area contributed by atoms with Gasteiger partial charge in [0.05, 0.1) is 17.1 Å². The van der Waals surface area contributed by atoms with Crippen LogP contribution in [0.5, 0.6) is 0 Å². The molecule has 4 atom stereocenters. The highest BCUT2D eigenvalue weighted by molar-refractivity contribution is 6.31. The zero-order valence-corrected chi connectivity index (χ0v) is 15.4. The Bertz CT molecular complexity index is 1090. The minimum Gasteiger partial charge on any atom is -0.481 e. The molecule has 3 heterocycles. The van der Waals surface area contributed by atoms with E-state index in [2.05, 4.69) is 25.3 Å². The number of aromatic amines is 1. The topological polar surface area (TPSA) is 104 Å². The molecule has 2 aliphatic carbocycles. The largest absolute Gasteiger partial charge is 0.481 e. The van der Waals surface area contributed by atoms with Crippen LogP contribution in [0.15, 0.2) is 24.7 Å². The van der Waals surface area contributed by atoms with Crippen LogP contribution in [0.1, 0.15) is 19.3 Å². The third kappa shape index (κ3) is 2.71. The summed E-state index contributed by atoms with van der Waals surface area (Å²) in [7, 11) is 0. The predicted molar refractivity (Wildman–Crippen MR) is 101 cm³/mol. The van der Waals surface area contributed by atoms with E-state index >= 15 is 0 Å². The number of pyridine rings is 1. The van der Waals surface area contributed by atoms with Gasteiger partial charge >= 0.3 is 5.97 Å². The Morgan fingerprint density at radius 3 is 2.93 bits per heavy atom. The third-order valence-corrected chi connectivity index (χ3v) is 6.19. The first-order valence-corrected chi connectivity index (χ1v) is 9.54. The molecule has 7 nitrogen and oxygen atoms in total. The van der Waals surface area contributed by atoms with E-state index in [1.54, 1.807) is 12.3 Å². The average Bonchev–Trinajstić information content (AvgIpc) is 3.37. The number of fused-ring (bicyclic) bond motifs is 3.